The number of carbonyl (C=O) groups is 1. The van der Waals surface area contributed by atoms with Crippen LogP contribution in [0.25, 0.3) is 0 Å². The number of rotatable bonds is 4. The molecule has 110 valence electrons. The molecule has 0 unspecified atom stereocenters. The van der Waals surface area contributed by atoms with Crippen molar-refractivity contribution < 1.29 is 13.9 Å². The topological polar surface area (TPSA) is 55.6 Å². The van der Waals surface area contributed by atoms with Crippen molar-refractivity contribution in [2.45, 2.75) is 6.61 Å². The molecular weight excluding hydrogens is 271 g/mol. The number of ether oxygens (including phenoxy) is 1. The highest BCUT2D eigenvalue weighted by atomic mass is 19.1. The van der Waals surface area contributed by atoms with Crippen LogP contribution in [0, 0.1) is 5.82 Å². The second-order valence-corrected chi connectivity index (χ2v) is 4.84. The summed E-state index contributed by atoms with van der Waals surface area (Å²) in [6, 6.07) is 11.8. The third-order valence-corrected chi connectivity index (χ3v) is 2.98. The van der Waals surface area contributed by atoms with E-state index in [9.17, 15) is 9.18 Å². The second-order valence-electron chi connectivity index (χ2n) is 4.84. The van der Waals surface area contributed by atoms with Gasteiger partial charge in [0.15, 0.2) is 11.6 Å². The number of nitrogens with two attached hydrogens (primary N) is 1. The predicted molar refractivity (Wildman–Crippen MR) is 79.6 cm³/mol. The standard InChI is InChI=1S/C16H17FN2O2/c1-19(2)16(20)12-8-15(13(17)9-14(12)18)21-10-11-6-4-3-5-7-11/h3-9H,10,18H2,1-2H3. The maximum atomic E-state index is 13.9. The van der Waals surface area contributed by atoms with Crippen molar-refractivity contribution in [1.29, 1.82) is 0 Å². The van der Waals surface area contributed by atoms with Crippen LogP contribution in [0.15, 0.2) is 42.5 Å². The molecule has 0 spiro atoms. The van der Waals surface area contributed by atoms with E-state index < -0.39 is 5.82 Å². The molecule has 0 saturated carbocycles. The van der Waals surface area contributed by atoms with Crippen LogP contribution in [-0.4, -0.2) is 24.9 Å². The van der Waals surface area contributed by atoms with Crippen LogP contribution in [0.4, 0.5) is 10.1 Å². The van der Waals surface area contributed by atoms with E-state index in [2.05, 4.69) is 0 Å². The van der Waals surface area contributed by atoms with Gasteiger partial charge in [-0.25, -0.2) is 4.39 Å². The Morgan fingerprint density at radius 2 is 1.90 bits per heavy atom. The summed E-state index contributed by atoms with van der Waals surface area (Å²) in [5.74, 6) is -0.867. The van der Waals surface area contributed by atoms with E-state index in [0.717, 1.165) is 11.6 Å². The minimum absolute atomic E-state index is 0.0123. The fraction of sp³-hybridized carbons (Fsp3) is 0.188. The molecule has 4 nitrogen and oxygen atoms in total. The summed E-state index contributed by atoms with van der Waals surface area (Å²) in [5, 5.41) is 0. The molecule has 2 aromatic carbocycles. The highest BCUT2D eigenvalue weighted by molar-refractivity contribution is 5.99. The molecule has 0 heterocycles. The van der Waals surface area contributed by atoms with Gasteiger partial charge in [-0.05, 0) is 11.6 Å². The number of nitrogen functional groups attached to an aromatic ring is 1. The first-order chi connectivity index (χ1) is 9.99. The molecule has 2 rings (SSSR count). The number of halogens is 1. The molecule has 21 heavy (non-hydrogen) atoms. The third-order valence-electron chi connectivity index (χ3n) is 2.98. The van der Waals surface area contributed by atoms with Crippen molar-refractivity contribution in [3.05, 3.63) is 59.4 Å². The van der Waals surface area contributed by atoms with Crippen molar-refractivity contribution in [2.75, 3.05) is 19.8 Å². The number of hydrogen-bond donors (Lipinski definition) is 1. The van der Waals surface area contributed by atoms with Gasteiger partial charge >= 0.3 is 0 Å². The zero-order chi connectivity index (χ0) is 15.4. The van der Waals surface area contributed by atoms with Crippen LogP contribution in [0.2, 0.25) is 0 Å². The molecule has 1 amide bonds. The first kappa shape index (κ1) is 14.8. The van der Waals surface area contributed by atoms with Gasteiger partial charge in [0, 0.05) is 25.8 Å². The van der Waals surface area contributed by atoms with E-state index in [4.69, 9.17) is 10.5 Å². The lowest BCUT2D eigenvalue weighted by Gasteiger charge is -2.14. The van der Waals surface area contributed by atoms with Gasteiger partial charge in [0.1, 0.15) is 6.61 Å². The summed E-state index contributed by atoms with van der Waals surface area (Å²) in [4.78, 5) is 13.4. The van der Waals surface area contributed by atoms with Gasteiger partial charge in [-0.2, -0.15) is 0 Å². The van der Waals surface area contributed by atoms with Gasteiger partial charge in [0.2, 0.25) is 0 Å². The largest absolute Gasteiger partial charge is 0.486 e. The zero-order valence-corrected chi connectivity index (χ0v) is 12.0. The molecule has 0 radical (unpaired) electrons. The number of amides is 1. The van der Waals surface area contributed by atoms with Crippen LogP contribution in [0.3, 0.4) is 0 Å². The summed E-state index contributed by atoms with van der Waals surface area (Å²) in [5.41, 5.74) is 6.93. The maximum Gasteiger partial charge on any atom is 0.255 e. The van der Waals surface area contributed by atoms with Gasteiger partial charge in [0.05, 0.1) is 5.56 Å². The number of hydrogen-bond acceptors (Lipinski definition) is 3. The number of carbonyl (C=O) groups excluding carboxylic acids is 1. The normalized spacial score (nSPS) is 10.2. The van der Waals surface area contributed by atoms with Crippen LogP contribution in [0.1, 0.15) is 15.9 Å². The summed E-state index contributed by atoms with van der Waals surface area (Å²) in [6.45, 7) is 0.220. The molecule has 0 atom stereocenters. The van der Waals surface area contributed by atoms with Gasteiger partial charge < -0.3 is 15.4 Å². The molecule has 0 aliphatic carbocycles. The Morgan fingerprint density at radius 1 is 1.24 bits per heavy atom. The molecule has 2 N–H and O–H groups in total. The minimum atomic E-state index is -0.585. The molecule has 0 aliphatic rings. The fourth-order valence-corrected chi connectivity index (χ4v) is 1.84. The first-order valence-corrected chi connectivity index (χ1v) is 6.46. The average Bonchev–Trinajstić information content (AvgIpc) is 2.46. The molecule has 2 aromatic rings. The van der Waals surface area contributed by atoms with Crippen molar-refractivity contribution >= 4 is 11.6 Å². The molecule has 0 aliphatic heterocycles. The molecule has 0 aromatic heterocycles. The highest BCUT2D eigenvalue weighted by Crippen LogP contribution is 2.25. The third kappa shape index (κ3) is 3.51. The molecular formula is C16H17FN2O2. The summed E-state index contributed by atoms with van der Waals surface area (Å²) < 4.78 is 19.3. The van der Waals surface area contributed by atoms with Crippen molar-refractivity contribution in [3.8, 4) is 5.75 Å². The Hall–Kier alpha value is -2.56. The van der Waals surface area contributed by atoms with Crippen LogP contribution in [-0.2, 0) is 6.61 Å². The van der Waals surface area contributed by atoms with E-state index in [0.29, 0.717) is 0 Å². The van der Waals surface area contributed by atoms with Crippen molar-refractivity contribution in [3.63, 3.8) is 0 Å². The van der Waals surface area contributed by atoms with Gasteiger partial charge in [-0.15, -0.1) is 0 Å². The summed E-state index contributed by atoms with van der Waals surface area (Å²) in [7, 11) is 3.21. The first-order valence-electron chi connectivity index (χ1n) is 6.46. The van der Waals surface area contributed by atoms with E-state index in [1.165, 1.54) is 11.0 Å². The monoisotopic (exact) mass is 288 g/mol. The molecule has 5 heteroatoms. The Kier molecular flexibility index (Phi) is 4.42. The predicted octanol–water partition coefficient (Wildman–Crippen LogP) is 2.69. The van der Waals surface area contributed by atoms with E-state index in [1.54, 1.807) is 14.1 Å². The van der Waals surface area contributed by atoms with Gasteiger partial charge in [-0.1, -0.05) is 30.3 Å². The lowest BCUT2D eigenvalue weighted by molar-refractivity contribution is 0.0828. The van der Waals surface area contributed by atoms with Crippen LogP contribution in [0.5, 0.6) is 5.75 Å². The Bertz CT molecular complexity index is 642. The van der Waals surface area contributed by atoms with Crippen LogP contribution < -0.4 is 10.5 Å². The maximum absolute atomic E-state index is 13.9. The number of anilines is 1. The summed E-state index contributed by atoms with van der Waals surface area (Å²) in [6.07, 6.45) is 0. The van der Waals surface area contributed by atoms with E-state index in [1.807, 2.05) is 30.3 Å². The Labute approximate surface area is 122 Å². The highest BCUT2D eigenvalue weighted by Gasteiger charge is 2.16. The van der Waals surface area contributed by atoms with E-state index >= 15 is 0 Å². The van der Waals surface area contributed by atoms with Gasteiger partial charge in [0.25, 0.3) is 5.91 Å². The lowest BCUT2D eigenvalue weighted by atomic mass is 10.1. The zero-order valence-electron chi connectivity index (χ0n) is 12.0. The smallest absolute Gasteiger partial charge is 0.255 e. The van der Waals surface area contributed by atoms with Crippen molar-refractivity contribution in [2.24, 2.45) is 0 Å². The SMILES string of the molecule is CN(C)C(=O)c1cc(OCc2ccccc2)c(F)cc1N. The van der Waals surface area contributed by atoms with Crippen LogP contribution >= 0.6 is 0 Å². The molecule has 0 bridgehead atoms. The quantitative estimate of drug-likeness (QED) is 0.880. The molecule has 0 saturated heterocycles. The average molecular weight is 288 g/mol. The Morgan fingerprint density at radius 3 is 2.52 bits per heavy atom. The fourth-order valence-electron chi connectivity index (χ4n) is 1.84. The minimum Gasteiger partial charge on any atom is -0.486 e. The van der Waals surface area contributed by atoms with E-state index in [-0.39, 0.29) is 29.5 Å². The molecule has 0 fully saturated rings. The summed E-state index contributed by atoms with van der Waals surface area (Å²) >= 11 is 0. The lowest BCUT2D eigenvalue weighted by Crippen LogP contribution is -2.23. The van der Waals surface area contributed by atoms with Gasteiger partial charge in [-0.3, -0.25) is 4.79 Å². The Balaban J connectivity index is 2.23. The number of benzene rings is 2. The number of nitrogens with zero attached hydrogens (tertiary/aromatic N) is 1. The van der Waals surface area contributed by atoms with Crippen molar-refractivity contribution in [1.82, 2.24) is 4.90 Å². The second kappa shape index (κ2) is 6.26.